The maximum atomic E-state index is 11.9. The third kappa shape index (κ3) is 1.71. The van der Waals surface area contributed by atoms with E-state index in [1.165, 1.54) is 18.7 Å². The molecule has 0 saturated heterocycles. The van der Waals surface area contributed by atoms with Crippen LogP contribution in [0.4, 0.5) is 13.2 Å². The number of halogens is 3. The number of nitrogens with zero attached hydrogens (tertiary/aromatic N) is 2. The quantitative estimate of drug-likeness (QED) is 0.631. The Morgan fingerprint density at radius 3 is 2.38 bits per heavy atom. The number of ketones is 1. The van der Waals surface area contributed by atoms with E-state index >= 15 is 0 Å². The van der Waals surface area contributed by atoms with Crippen molar-refractivity contribution in [3.05, 3.63) is 17.5 Å². The van der Waals surface area contributed by atoms with Crippen LogP contribution < -0.4 is 0 Å². The van der Waals surface area contributed by atoms with Gasteiger partial charge in [0.05, 0.1) is 11.8 Å². The van der Waals surface area contributed by atoms with Crippen molar-refractivity contribution in [1.82, 2.24) is 9.78 Å². The first-order chi connectivity index (χ1) is 5.84. The molecule has 0 aromatic carbocycles. The fraction of sp³-hybridized carbons (Fsp3) is 0.429. The van der Waals surface area contributed by atoms with Crippen LogP contribution >= 0.6 is 0 Å². The number of Topliss-reactive ketones (excluding diaryl/α,β-unsaturated/α-hetero) is 1. The molecular formula is C7H7F3N2O. The summed E-state index contributed by atoms with van der Waals surface area (Å²) >= 11 is 0. The van der Waals surface area contributed by atoms with Crippen LogP contribution in [0.2, 0.25) is 0 Å². The highest BCUT2D eigenvalue weighted by Gasteiger charge is 2.40. The molecule has 3 nitrogen and oxygen atoms in total. The molecule has 1 heterocycles. The van der Waals surface area contributed by atoms with Gasteiger partial charge >= 0.3 is 6.18 Å². The van der Waals surface area contributed by atoms with E-state index in [1.54, 1.807) is 0 Å². The van der Waals surface area contributed by atoms with E-state index in [0.717, 1.165) is 6.20 Å². The summed E-state index contributed by atoms with van der Waals surface area (Å²) in [6, 6.07) is 0. The zero-order valence-electron chi connectivity index (χ0n) is 7.01. The Bertz CT molecular complexity index is 340. The van der Waals surface area contributed by atoms with Crippen molar-refractivity contribution in [3.63, 3.8) is 0 Å². The number of carbonyl (C=O) groups excluding carboxylic acids is 1. The third-order valence-electron chi connectivity index (χ3n) is 1.74. The fourth-order valence-corrected chi connectivity index (χ4v) is 0.874. The van der Waals surface area contributed by atoms with Crippen LogP contribution in [0.15, 0.2) is 6.20 Å². The predicted octanol–water partition coefficient (Wildman–Crippen LogP) is 1.47. The Kier molecular flexibility index (Phi) is 2.15. The van der Waals surface area contributed by atoms with Crippen molar-refractivity contribution in [2.75, 3.05) is 0 Å². The van der Waals surface area contributed by atoms with E-state index in [2.05, 4.69) is 5.10 Å². The summed E-state index contributed by atoms with van der Waals surface area (Å²) in [5, 5.41) is 3.55. The number of alkyl halides is 3. The molecule has 0 spiro atoms. The van der Waals surface area contributed by atoms with Crippen LogP contribution in [-0.2, 0) is 7.05 Å². The van der Waals surface area contributed by atoms with Gasteiger partial charge in [0, 0.05) is 12.7 Å². The zero-order valence-corrected chi connectivity index (χ0v) is 7.01. The van der Waals surface area contributed by atoms with Crippen molar-refractivity contribution >= 4 is 5.78 Å². The molecule has 0 N–H and O–H groups in total. The summed E-state index contributed by atoms with van der Waals surface area (Å²) in [5.41, 5.74) is -0.183. The van der Waals surface area contributed by atoms with E-state index < -0.39 is 17.5 Å². The van der Waals surface area contributed by atoms with E-state index in [1.807, 2.05) is 0 Å². The maximum absolute atomic E-state index is 11.9. The molecule has 1 rings (SSSR count). The van der Waals surface area contributed by atoms with E-state index in [-0.39, 0.29) is 5.69 Å². The molecule has 1 aromatic heterocycles. The Morgan fingerprint density at radius 2 is 2.08 bits per heavy atom. The van der Waals surface area contributed by atoms with Gasteiger partial charge in [-0.15, -0.1) is 0 Å². The highest BCUT2D eigenvalue weighted by Crippen LogP contribution is 2.22. The molecule has 6 heteroatoms. The van der Waals surface area contributed by atoms with E-state index in [4.69, 9.17) is 0 Å². The molecular weight excluding hydrogens is 185 g/mol. The van der Waals surface area contributed by atoms with Crippen molar-refractivity contribution in [2.24, 2.45) is 7.05 Å². The normalized spacial score (nSPS) is 11.8. The summed E-state index contributed by atoms with van der Waals surface area (Å²) in [7, 11) is 1.47. The number of aryl methyl sites for hydroxylation is 1. The van der Waals surface area contributed by atoms with Crippen LogP contribution in [0.25, 0.3) is 0 Å². The molecule has 13 heavy (non-hydrogen) atoms. The van der Waals surface area contributed by atoms with Gasteiger partial charge in [0.1, 0.15) is 0 Å². The van der Waals surface area contributed by atoms with Gasteiger partial charge in [-0.2, -0.15) is 18.3 Å². The van der Waals surface area contributed by atoms with Gasteiger partial charge in [-0.25, -0.2) is 0 Å². The number of hydrogen-bond acceptors (Lipinski definition) is 2. The standard InChI is InChI=1S/C7H7F3N2O/c1-4-5(3-11-12(4)2)6(13)7(8,9)10/h3H,1-2H3. The van der Waals surface area contributed by atoms with Gasteiger partial charge in [-0.05, 0) is 6.92 Å². The minimum absolute atomic E-state index is 0.210. The molecule has 0 amide bonds. The van der Waals surface area contributed by atoms with E-state index in [0.29, 0.717) is 0 Å². The van der Waals surface area contributed by atoms with Gasteiger partial charge in [0.25, 0.3) is 5.78 Å². The lowest BCUT2D eigenvalue weighted by Crippen LogP contribution is -2.23. The minimum Gasteiger partial charge on any atom is -0.284 e. The fourth-order valence-electron chi connectivity index (χ4n) is 0.874. The second-order valence-corrected chi connectivity index (χ2v) is 2.59. The Balaban J connectivity index is 3.10. The molecule has 0 atom stereocenters. The van der Waals surface area contributed by atoms with Gasteiger partial charge in [0.2, 0.25) is 0 Å². The molecule has 0 fully saturated rings. The molecule has 0 aliphatic heterocycles. The average molecular weight is 192 g/mol. The first-order valence-electron chi connectivity index (χ1n) is 3.44. The second-order valence-electron chi connectivity index (χ2n) is 2.59. The Hall–Kier alpha value is -1.33. The Morgan fingerprint density at radius 1 is 1.54 bits per heavy atom. The van der Waals surface area contributed by atoms with Gasteiger partial charge < -0.3 is 0 Å². The summed E-state index contributed by atoms with van der Waals surface area (Å²) < 4.78 is 37.0. The summed E-state index contributed by atoms with van der Waals surface area (Å²) in [4.78, 5) is 10.7. The van der Waals surface area contributed by atoms with Crippen LogP contribution in [0.3, 0.4) is 0 Å². The predicted molar refractivity (Wildman–Crippen MR) is 38.3 cm³/mol. The number of rotatable bonds is 1. The van der Waals surface area contributed by atoms with Crippen molar-refractivity contribution in [1.29, 1.82) is 0 Å². The van der Waals surface area contributed by atoms with Crippen molar-refractivity contribution in [2.45, 2.75) is 13.1 Å². The first kappa shape index (κ1) is 9.76. The van der Waals surface area contributed by atoms with Crippen LogP contribution in [-0.4, -0.2) is 21.7 Å². The smallest absolute Gasteiger partial charge is 0.284 e. The van der Waals surface area contributed by atoms with E-state index in [9.17, 15) is 18.0 Å². The lowest BCUT2D eigenvalue weighted by atomic mass is 10.2. The average Bonchev–Trinajstić information content (AvgIpc) is 2.30. The molecule has 0 unspecified atom stereocenters. The summed E-state index contributed by atoms with van der Waals surface area (Å²) in [6.45, 7) is 1.41. The maximum Gasteiger partial charge on any atom is 0.454 e. The highest BCUT2D eigenvalue weighted by molar-refractivity contribution is 6.00. The third-order valence-corrected chi connectivity index (χ3v) is 1.74. The lowest BCUT2D eigenvalue weighted by molar-refractivity contribution is -0.0885. The minimum atomic E-state index is -4.83. The van der Waals surface area contributed by atoms with Crippen LogP contribution in [0.5, 0.6) is 0 Å². The molecule has 0 radical (unpaired) electrons. The zero-order chi connectivity index (χ0) is 10.2. The number of aromatic nitrogens is 2. The lowest BCUT2D eigenvalue weighted by Gasteiger charge is -2.03. The highest BCUT2D eigenvalue weighted by atomic mass is 19.4. The van der Waals surface area contributed by atoms with Crippen LogP contribution in [0, 0.1) is 6.92 Å². The van der Waals surface area contributed by atoms with Gasteiger partial charge in [-0.3, -0.25) is 9.48 Å². The molecule has 1 aromatic rings. The monoisotopic (exact) mass is 192 g/mol. The van der Waals surface area contributed by atoms with Crippen molar-refractivity contribution < 1.29 is 18.0 Å². The van der Waals surface area contributed by atoms with Gasteiger partial charge in [-0.1, -0.05) is 0 Å². The SMILES string of the molecule is Cc1c(C(=O)C(F)(F)F)cnn1C. The largest absolute Gasteiger partial charge is 0.454 e. The number of hydrogen-bond donors (Lipinski definition) is 0. The first-order valence-corrected chi connectivity index (χ1v) is 3.44. The van der Waals surface area contributed by atoms with Crippen LogP contribution in [0.1, 0.15) is 16.1 Å². The topological polar surface area (TPSA) is 34.9 Å². The van der Waals surface area contributed by atoms with Gasteiger partial charge in [0.15, 0.2) is 0 Å². The molecule has 0 saturated carbocycles. The molecule has 0 aliphatic rings. The number of carbonyl (C=O) groups is 1. The summed E-state index contributed by atoms with van der Waals surface area (Å²) in [6.07, 6.45) is -3.90. The molecule has 72 valence electrons. The van der Waals surface area contributed by atoms with Crippen molar-refractivity contribution in [3.8, 4) is 0 Å². The molecule has 0 bridgehead atoms. The Labute approximate surface area is 72.2 Å². The summed E-state index contributed by atoms with van der Waals surface area (Å²) in [5.74, 6) is -1.85. The second kappa shape index (κ2) is 2.86. The molecule has 0 aliphatic carbocycles.